The average molecular weight is 196 g/mol. The Bertz CT molecular complexity index is 223. The third-order valence-electron chi connectivity index (χ3n) is 1.99. The van der Waals surface area contributed by atoms with Crippen LogP contribution in [0.1, 0.15) is 13.8 Å². The smallest absolute Gasteiger partial charge is 0.197 e. The minimum atomic E-state index is -1.08. The van der Waals surface area contributed by atoms with Crippen LogP contribution in [-0.4, -0.2) is 19.5 Å². The topological polar surface area (TPSA) is 9.23 Å². The third kappa shape index (κ3) is 2.30. The summed E-state index contributed by atoms with van der Waals surface area (Å²) < 4.78 is 5.68. The third-order valence-corrected chi connectivity index (χ3v) is 6.27. The van der Waals surface area contributed by atoms with E-state index >= 15 is 0 Å². The van der Waals surface area contributed by atoms with Gasteiger partial charge in [0.05, 0.1) is 0 Å². The normalized spacial score (nSPS) is 13.6. The van der Waals surface area contributed by atoms with Crippen molar-refractivity contribution in [2.45, 2.75) is 19.4 Å². The molecule has 0 bridgehead atoms. The Hall–Kier alpha value is -0.386. The van der Waals surface area contributed by atoms with Crippen LogP contribution < -0.4 is 5.19 Å². The van der Waals surface area contributed by atoms with Gasteiger partial charge < -0.3 is 4.12 Å². The van der Waals surface area contributed by atoms with Crippen LogP contribution in [-0.2, 0) is 4.12 Å². The summed E-state index contributed by atoms with van der Waals surface area (Å²) in [5.74, 6) is 0. The predicted octanol–water partition coefficient (Wildman–Crippen LogP) is 0.324. The molecule has 12 heavy (non-hydrogen) atoms. The van der Waals surface area contributed by atoms with Crippen LogP contribution in [0, 0.1) is 0 Å². The summed E-state index contributed by atoms with van der Waals surface area (Å²) in [6.07, 6.45) is 0. The number of rotatable bonds is 3. The number of hydrogen-bond donors (Lipinski definition) is 0. The van der Waals surface area contributed by atoms with E-state index in [4.69, 9.17) is 4.12 Å². The predicted molar refractivity (Wildman–Crippen MR) is 59.3 cm³/mol. The zero-order valence-corrected chi connectivity index (χ0v) is 11.1. The van der Waals surface area contributed by atoms with Gasteiger partial charge in [0, 0.05) is 0 Å². The maximum Gasteiger partial charge on any atom is 0.197 e. The van der Waals surface area contributed by atoms with Crippen LogP contribution in [0.5, 0.6) is 0 Å². The molecule has 0 spiro atoms. The van der Waals surface area contributed by atoms with Gasteiger partial charge in [-0.15, -0.1) is 0 Å². The highest BCUT2D eigenvalue weighted by Gasteiger charge is 2.15. The quantitative estimate of drug-likeness (QED) is 0.633. The Morgan fingerprint density at radius 3 is 2.25 bits per heavy atom. The van der Waals surface area contributed by atoms with Gasteiger partial charge in [-0.1, -0.05) is 44.2 Å². The molecule has 0 saturated heterocycles. The Balaban J connectivity index is 2.80. The molecule has 1 unspecified atom stereocenters. The average Bonchev–Trinajstić information content (AvgIpc) is 2.07. The van der Waals surface area contributed by atoms with Gasteiger partial charge in [0.15, 0.2) is 9.04 Å². The summed E-state index contributed by atoms with van der Waals surface area (Å²) in [5, 5.41) is 1.43. The summed E-state index contributed by atoms with van der Waals surface area (Å²) >= 11 is 0. The van der Waals surface area contributed by atoms with E-state index in [9.17, 15) is 0 Å². The summed E-state index contributed by atoms with van der Waals surface area (Å²) in [6.45, 7) is 4.50. The van der Waals surface area contributed by atoms with Crippen molar-refractivity contribution in [1.29, 1.82) is 0 Å². The van der Waals surface area contributed by atoms with E-state index in [0.717, 1.165) is 10.5 Å². The van der Waals surface area contributed by atoms with Crippen molar-refractivity contribution in [3.8, 4) is 0 Å². The fraction of sp³-hybridized carbons (Fsp3) is 0.333. The highest BCUT2D eigenvalue weighted by Crippen LogP contribution is 2.07. The summed E-state index contributed by atoms with van der Waals surface area (Å²) in [4.78, 5) is 0. The molecule has 1 atom stereocenters. The zero-order valence-electron chi connectivity index (χ0n) is 7.95. The summed E-state index contributed by atoms with van der Waals surface area (Å²) in [5.41, 5.74) is 0.699. The van der Waals surface area contributed by atoms with E-state index < -0.39 is 9.04 Å². The lowest BCUT2D eigenvalue weighted by Crippen LogP contribution is -2.35. The van der Waals surface area contributed by atoms with E-state index in [1.165, 1.54) is 5.19 Å². The lowest BCUT2D eigenvalue weighted by Gasteiger charge is -2.17. The molecule has 0 aliphatic carbocycles. The highest BCUT2D eigenvalue weighted by atomic mass is 28.3. The van der Waals surface area contributed by atoms with Crippen molar-refractivity contribution in [1.82, 2.24) is 0 Å². The van der Waals surface area contributed by atoms with E-state index in [2.05, 4.69) is 44.2 Å². The SMILES string of the molecule is CC(C)[SiH](O[SiH3])c1ccccc1. The maximum absolute atomic E-state index is 5.68. The summed E-state index contributed by atoms with van der Waals surface area (Å²) in [6, 6.07) is 10.6. The van der Waals surface area contributed by atoms with Crippen molar-refractivity contribution in [2.75, 3.05) is 0 Å². The Kier molecular flexibility index (Phi) is 3.71. The molecule has 3 heteroatoms. The minimum Gasteiger partial charge on any atom is -0.462 e. The molecule has 0 heterocycles. The van der Waals surface area contributed by atoms with Gasteiger partial charge in [0.1, 0.15) is 10.5 Å². The molecule has 1 rings (SSSR count). The van der Waals surface area contributed by atoms with Crippen molar-refractivity contribution >= 4 is 24.7 Å². The first-order chi connectivity index (χ1) is 5.75. The Morgan fingerprint density at radius 1 is 1.25 bits per heavy atom. The molecule has 0 aromatic heterocycles. The minimum absolute atomic E-state index is 0.699. The van der Waals surface area contributed by atoms with Crippen LogP contribution in [0.25, 0.3) is 0 Å². The first-order valence-corrected chi connectivity index (χ1v) is 6.86. The lowest BCUT2D eigenvalue weighted by atomic mass is 10.4. The fourth-order valence-electron chi connectivity index (χ4n) is 1.44. The number of hydrogen-bond acceptors (Lipinski definition) is 1. The van der Waals surface area contributed by atoms with Gasteiger partial charge >= 0.3 is 0 Å². The number of benzene rings is 1. The van der Waals surface area contributed by atoms with Gasteiger partial charge in [-0.05, 0) is 10.7 Å². The second-order valence-corrected chi connectivity index (χ2v) is 8.04. The van der Waals surface area contributed by atoms with E-state index in [1.807, 2.05) is 0 Å². The van der Waals surface area contributed by atoms with Crippen molar-refractivity contribution in [3.63, 3.8) is 0 Å². The standard InChI is InChI=1S/C9H16OSi2/c1-8(2)12(10-11)9-6-4-3-5-7-9/h3-8,12H,1-2,11H3. The molecular formula is C9H16OSi2. The van der Waals surface area contributed by atoms with Crippen LogP contribution >= 0.6 is 0 Å². The van der Waals surface area contributed by atoms with Crippen LogP contribution in [0.2, 0.25) is 5.54 Å². The molecule has 66 valence electrons. The first-order valence-electron chi connectivity index (χ1n) is 4.33. The molecule has 1 aromatic rings. The Labute approximate surface area is 79.0 Å². The van der Waals surface area contributed by atoms with E-state index in [-0.39, 0.29) is 0 Å². The lowest BCUT2D eigenvalue weighted by molar-refractivity contribution is 0.626. The molecule has 0 saturated carbocycles. The molecule has 0 radical (unpaired) electrons. The molecule has 0 aliphatic heterocycles. The highest BCUT2D eigenvalue weighted by molar-refractivity contribution is 6.71. The fourth-order valence-corrected chi connectivity index (χ4v) is 6.07. The monoisotopic (exact) mass is 196 g/mol. The van der Waals surface area contributed by atoms with Gasteiger partial charge in [-0.25, -0.2) is 0 Å². The molecule has 1 nitrogen and oxygen atoms in total. The van der Waals surface area contributed by atoms with E-state index in [0.29, 0.717) is 5.54 Å². The summed E-state index contributed by atoms with van der Waals surface area (Å²) in [7, 11) is -0.216. The van der Waals surface area contributed by atoms with Gasteiger partial charge in [0.25, 0.3) is 0 Å². The second kappa shape index (κ2) is 4.59. The second-order valence-electron chi connectivity index (χ2n) is 3.31. The Morgan fingerprint density at radius 2 is 1.83 bits per heavy atom. The molecule has 1 aromatic carbocycles. The van der Waals surface area contributed by atoms with Crippen molar-refractivity contribution in [3.05, 3.63) is 30.3 Å². The molecule has 0 amide bonds. The molecule has 0 aliphatic rings. The maximum atomic E-state index is 5.68. The van der Waals surface area contributed by atoms with Gasteiger partial charge in [0.2, 0.25) is 0 Å². The first kappa shape index (κ1) is 9.70. The van der Waals surface area contributed by atoms with Crippen LogP contribution in [0.15, 0.2) is 30.3 Å². The van der Waals surface area contributed by atoms with E-state index in [1.54, 1.807) is 0 Å². The van der Waals surface area contributed by atoms with Crippen molar-refractivity contribution in [2.24, 2.45) is 0 Å². The van der Waals surface area contributed by atoms with Crippen LogP contribution in [0.4, 0.5) is 0 Å². The van der Waals surface area contributed by atoms with Crippen molar-refractivity contribution < 1.29 is 4.12 Å². The van der Waals surface area contributed by atoms with Gasteiger partial charge in [-0.3, -0.25) is 0 Å². The van der Waals surface area contributed by atoms with Crippen LogP contribution in [0.3, 0.4) is 0 Å². The molecule has 0 N–H and O–H groups in total. The zero-order chi connectivity index (χ0) is 8.97. The van der Waals surface area contributed by atoms with Gasteiger partial charge in [-0.2, -0.15) is 0 Å². The molecular weight excluding hydrogens is 180 g/mol. The molecule has 0 fully saturated rings. The largest absolute Gasteiger partial charge is 0.462 e.